The molecule has 0 aromatic carbocycles. The molecule has 27 heavy (non-hydrogen) atoms. The molecule has 164 valence electrons. The van der Waals surface area contributed by atoms with Gasteiger partial charge in [0.25, 0.3) is 0 Å². The van der Waals surface area contributed by atoms with E-state index in [-0.39, 0.29) is 0 Å². The van der Waals surface area contributed by atoms with Crippen LogP contribution in [0, 0.1) is 0 Å². The van der Waals surface area contributed by atoms with Crippen LogP contribution < -0.4 is 5.32 Å². The van der Waals surface area contributed by atoms with Crippen molar-refractivity contribution >= 4 is 0 Å². The minimum atomic E-state index is 0.721. The van der Waals surface area contributed by atoms with E-state index < -0.39 is 0 Å². The molecule has 1 unspecified atom stereocenters. The molecule has 0 saturated carbocycles. The summed E-state index contributed by atoms with van der Waals surface area (Å²) < 4.78 is 0. The van der Waals surface area contributed by atoms with Crippen LogP contribution in [0.5, 0.6) is 0 Å². The molecule has 0 aliphatic carbocycles. The van der Waals surface area contributed by atoms with Crippen LogP contribution in [0.1, 0.15) is 156 Å². The highest BCUT2D eigenvalue weighted by Crippen LogP contribution is 2.14. The Bertz CT molecular complexity index is 251. The Kier molecular flexibility index (Phi) is 24.0. The molecule has 0 saturated heterocycles. The van der Waals surface area contributed by atoms with E-state index in [1.54, 1.807) is 0 Å². The first-order chi connectivity index (χ1) is 13.3. The van der Waals surface area contributed by atoms with Gasteiger partial charge in [-0.25, -0.2) is 0 Å². The Morgan fingerprint density at radius 1 is 0.444 bits per heavy atom. The first-order valence-electron chi connectivity index (χ1n) is 13.0. The topological polar surface area (TPSA) is 12.0 Å². The van der Waals surface area contributed by atoms with Gasteiger partial charge in [0.15, 0.2) is 0 Å². The van der Waals surface area contributed by atoms with E-state index >= 15 is 0 Å². The molecule has 0 aliphatic rings. The Morgan fingerprint density at radius 2 is 0.778 bits per heavy atom. The maximum atomic E-state index is 3.69. The highest BCUT2D eigenvalue weighted by atomic mass is 14.9. The minimum absolute atomic E-state index is 0.721. The average Bonchev–Trinajstić information content (AvgIpc) is 2.67. The van der Waals surface area contributed by atoms with E-state index in [1.165, 1.54) is 141 Å². The van der Waals surface area contributed by atoms with Gasteiger partial charge in [-0.2, -0.15) is 0 Å². The smallest absolute Gasteiger partial charge is 0.00387 e. The van der Waals surface area contributed by atoms with Crippen molar-refractivity contribution in [2.45, 2.75) is 162 Å². The predicted octanol–water partition coefficient (Wildman–Crippen LogP) is 9.20. The molecule has 1 N–H and O–H groups in total. The molecule has 0 aromatic heterocycles. The Balaban J connectivity index is 3.08. The number of hydrogen-bond acceptors (Lipinski definition) is 1. The second-order valence-corrected chi connectivity index (χ2v) is 9.01. The lowest BCUT2D eigenvalue weighted by Gasteiger charge is -2.13. The van der Waals surface area contributed by atoms with Crippen molar-refractivity contribution in [3.8, 4) is 0 Å². The molecule has 0 heterocycles. The van der Waals surface area contributed by atoms with E-state index in [0.717, 1.165) is 6.04 Å². The fourth-order valence-corrected chi connectivity index (χ4v) is 4.00. The van der Waals surface area contributed by atoms with Crippen molar-refractivity contribution in [2.24, 2.45) is 0 Å². The minimum Gasteiger partial charge on any atom is -0.314 e. The number of rotatable bonds is 23. The van der Waals surface area contributed by atoms with Crippen LogP contribution in [-0.2, 0) is 0 Å². The van der Waals surface area contributed by atoms with Gasteiger partial charge in [-0.1, -0.05) is 136 Å². The second kappa shape index (κ2) is 24.0. The van der Waals surface area contributed by atoms with Gasteiger partial charge in [0.1, 0.15) is 0 Å². The van der Waals surface area contributed by atoms with E-state index in [0.29, 0.717) is 0 Å². The summed E-state index contributed by atoms with van der Waals surface area (Å²) in [6.45, 7) is 8.17. The highest BCUT2D eigenvalue weighted by Gasteiger charge is 2.00. The molecule has 0 spiro atoms. The second-order valence-electron chi connectivity index (χ2n) is 9.01. The third kappa shape index (κ3) is 23.9. The molecule has 1 nitrogen and oxygen atoms in total. The molecule has 0 bridgehead atoms. The molecule has 0 radical (unpaired) electrons. The van der Waals surface area contributed by atoms with Gasteiger partial charge in [-0.3, -0.25) is 0 Å². The predicted molar refractivity (Wildman–Crippen MR) is 126 cm³/mol. The lowest BCUT2D eigenvalue weighted by molar-refractivity contribution is 0.465. The van der Waals surface area contributed by atoms with Crippen LogP contribution in [-0.4, -0.2) is 12.6 Å². The molecule has 0 fully saturated rings. The maximum Gasteiger partial charge on any atom is 0.00387 e. The van der Waals surface area contributed by atoms with Gasteiger partial charge in [0.05, 0.1) is 0 Å². The van der Waals surface area contributed by atoms with E-state index in [4.69, 9.17) is 0 Å². The molecule has 0 rings (SSSR count). The van der Waals surface area contributed by atoms with Crippen LogP contribution in [0.25, 0.3) is 0 Å². The third-order valence-corrected chi connectivity index (χ3v) is 6.01. The fourth-order valence-electron chi connectivity index (χ4n) is 4.00. The van der Waals surface area contributed by atoms with Crippen molar-refractivity contribution in [1.82, 2.24) is 5.32 Å². The normalized spacial score (nSPS) is 12.6. The van der Waals surface area contributed by atoms with Gasteiger partial charge in [0, 0.05) is 6.04 Å². The summed E-state index contributed by atoms with van der Waals surface area (Å²) in [4.78, 5) is 0. The molecule has 0 aliphatic heterocycles. The Labute approximate surface area is 173 Å². The Hall–Kier alpha value is -0.0400. The van der Waals surface area contributed by atoms with Crippen molar-refractivity contribution in [3.05, 3.63) is 0 Å². The molecular formula is C26H55N. The first kappa shape index (κ1) is 27.0. The zero-order valence-electron chi connectivity index (χ0n) is 19.6. The van der Waals surface area contributed by atoms with E-state index in [2.05, 4.69) is 26.1 Å². The summed E-state index contributed by atoms with van der Waals surface area (Å²) >= 11 is 0. The van der Waals surface area contributed by atoms with Gasteiger partial charge in [-0.05, 0) is 26.3 Å². The van der Waals surface area contributed by atoms with Gasteiger partial charge < -0.3 is 5.32 Å². The largest absolute Gasteiger partial charge is 0.314 e. The van der Waals surface area contributed by atoms with Crippen LogP contribution in [0.2, 0.25) is 0 Å². The van der Waals surface area contributed by atoms with E-state index in [1.807, 2.05) is 0 Å². The van der Waals surface area contributed by atoms with E-state index in [9.17, 15) is 0 Å². The summed E-state index contributed by atoms with van der Waals surface area (Å²) in [6, 6.07) is 0.721. The zero-order chi connectivity index (χ0) is 19.8. The first-order valence-corrected chi connectivity index (χ1v) is 13.0. The quantitative estimate of drug-likeness (QED) is 0.174. The van der Waals surface area contributed by atoms with Crippen LogP contribution in [0.15, 0.2) is 0 Å². The SMILES string of the molecule is CCCCCCCCCCCCCCCCCCC(C)NCCCCCC. The molecular weight excluding hydrogens is 326 g/mol. The number of unbranched alkanes of at least 4 members (excludes halogenated alkanes) is 18. The van der Waals surface area contributed by atoms with Gasteiger partial charge >= 0.3 is 0 Å². The summed E-state index contributed by atoms with van der Waals surface area (Å²) in [6.07, 6.45) is 30.2. The van der Waals surface area contributed by atoms with Crippen molar-refractivity contribution in [3.63, 3.8) is 0 Å². The van der Waals surface area contributed by atoms with Crippen molar-refractivity contribution in [2.75, 3.05) is 6.54 Å². The molecule has 0 amide bonds. The number of hydrogen-bond donors (Lipinski definition) is 1. The summed E-state index contributed by atoms with van der Waals surface area (Å²) in [5.74, 6) is 0. The van der Waals surface area contributed by atoms with Crippen LogP contribution >= 0.6 is 0 Å². The summed E-state index contributed by atoms with van der Waals surface area (Å²) in [5, 5.41) is 3.69. The standard InChI is InChI=1S/C26H55N/c1-4-6-8-10-11-12-13-14-15-16-17-18-19-20-21-22-24-26(3)27-25-23-9-7-5-2/h26-27H,4-25H2,1-3H3. The lowest BCUT2D eigenvalue weighted by atomic mass is 10.0. The number of nitrogens with one attached hydrogen (secondary N) is 1. The third-order valence-electron chi connectivity index (χ3n) is 6.01. The molecule has 1 atom stereocenters. The van der Waals surface area contributed by atoms with Crippen molar-refractivity contribution in [1.29, 1.82) is 0 Å². The fraction of sp³-hybridized carbons (Fsp3) is 1.00. The van der Waals surface area contributed by atoms with Gasteiger partial charge in [0.2, 0.25) is 0 Å². The summed E-state index contributed by atoms with van der Waals surface area (Å²) in [7, 11) is 0. The zero-order valence-corrected chi connectivity index (χ0v) is 19.6. The van der Waals surface area contributed by atoms with Crippen LogP contribution in [0.4, 0.5) is 0 Å². The van der Waals surface area contributed by atoms with Crippen molar-refractivity contribution < 1.29 is 0 Å². The van der Waals surface area contributed by atoms with Crippen LogP contribution in [0.3, 0.4) is 0 Å². The highest BCUT2D eigenvalue weighted by molar-refractivity contribution is 4.61. The lowest BCUT2D eigenvalue weighted by Crippen LogP contribution is -2.26. The average molecular weight is 382 g/mol. The molecule has 1 heteroatoms. The molecule has 0 aromatic rings. The summed E-state index contributed by atoms with van der Waals surface area (Å²) in [5.41, 5.74) is 0. The maximum absolute atomic E-state index is 3.69. The monoisotopic (exact) mass is 381 g/mol. The Morgan fingerprint density at radius 3 is 1.19 bits per heavy atom. The van der Waals surface area contributed by atoms with Gasteiger partial charge in [-0.15, -0.1) is 0 Å².